The van der Waals surface area contributed by atoms with Crippen LogP contribution in [0.3, 0.4) is 0 Å². The Morgan fingerprint density at radius 3 is 2.65 bits per heavy atom. The predicted octanol–water partition coefficient (Wildman–Crippen LogP) is 4.30. The number of nitro benzene ring substituents is 1. The second kappa shape index (κ2) is 7.66. The lowest BCUT2D eigenvalue weighted by Crippen LogP contribution is -1.98. The van der Waals surface area contributed by atoms with Crippen LogP contribution in [-0.2, 0) is 0 Å². The maximum Gasteiger partial charge on any atom is 0.274 e. The van der Waals surface area contributed by atoms with Crippen molar-refractivity contribution in [2.24, 2.45) is 0 Å². The third-order valence-corrected chi connectivity index (χ3v) is 3.13. The van der Waals surface area contributed by atoms with E-state index in [1.807, 2.05) is 0 Å². The summed E-state index contributed by atoms with van der Waals surface area (Å²) in [5, 5.41) is 11.6. The predicted molar refractivity (Wildman–Crippen MR) is 73.9 cm³/mol. The van der Waals surface area contributed by atoms with Crippen molar-refractivity contribution in [3.05, 3.63) is 32.8 Å². The molecule has 1 rings (SSSR count). The zero-order chi connectivity index (χ0) is 12.7. The number of hydrogen-bond acceptors (Lipinski definition) is 3. The molecule has 0 radical (unpaired) electrons. The summed E-state index contributed by atoms with van der Waals surface area (Å²) < 4.78 is 6.13. The van der Waals surface area contributed by atoms with E-state index >= 15 is 0 Å². The van der Waals surface area contributed by atoms with Crippen LogP contribution in [0.15, 0.2) is 22.7 Å². The summed E-state index contributed by atoms with van der Waals surface area (Å²) in [6, 6.07) is 4.63. The molecule has 94 valence electrons. The van der Waals surface area contributed by atoms with Crippen molar-refractivity contribution in [1.29, 1.82) is 0 Å². The molecule has 0 heterocycles. The summed E-state index contributed by atoms with van der Waals surface area (Å²) >= 11 is 6.58. The van der Waals surface area contributed by atoms with Crippen LogP contribution < -0.4 is 4.74 Å². The maximum absolute atomic E-state index is 10.6. The third-order valence-electron chi connectivity index (χ3n) is 2.11. The van der Waals surface area contributed by atoms with Crippen molar-refractivity contribution in [3.63, 3.8) is 0 Å². The molecule has 1 aromatic carbocycles. The number of hydrogen-bond donors (Lipinski definition) is 0. The zero-order valence-corrected chi connectivity index (χ0v) is 12.4. The Hall–Kier alpha value is -0.620. The first-order valence-electron chi connectivity index (χ1n) is 5.27. The largest absolute Gasteiger partial charge is 0.493 e. The van der Waals surface area contributed by atoms with Gasteiger partial charge in [-0.15, -0.1) is 0 Å². The molecule has 1 aromatic rings. The fourth-order valence-corrected chi connectivity index (χ4v) is 2.16. The SMILES string of the molecule is O=[N+]([O-])c1cc(Br)cc(OCCCCCBr)c1. The van der Waals surface area contributed by atoms with Crippen LogP contribution in [0.25, 0.3) is 0 Å². The molecular weight excluding hydrogens is 354 g/mol. The Kier molecular flexibility index (Phi) is 6.50. The van der Waals surface area contributed by atoms with Crippen molar-refractivity contribution in [1.82, 2.24) is 0 Å². The van der Waals surface area contributed by atoms with Gasteiger partial charge < -0.3 is 4.74 Å². The normalized spacial score (nSPS) is 10.2. The minimum atomic E-state index is -0.428. The van der Waals surface area contributed by atoms with E-state index in [0.717, 1.165) is 24.6 Å². The van der Waals surface area contributed by atoms with E-state index in [1.54, 1.807) is 6.07 Å². The highest BCUT2D eigenvalue weighted by Crippen LogP contribution is 2.26. The quantitative estimate of drug-likeness (QED) is 0.313. The van der Waals surface area contributed by atoms with Gasteiger partial charge in [-0.3, -0.25) is 10.1 Å². The highest BCUT2D eigenvalue weighted by molar-refractivity contribution is 9.10. The van der Waals surface area contributed by atoms with Gasteiger partial charge in [-0.2, -0.15) is 0 Å². The summed E-state index contributed by atoms with van der Waals surface area (Å²) in [6.07, 6.45) is 3.15. The lowest BCUT2D eigenvalue weighted by atomic mass is 10.2. The Labute approximate surface area is 117 Å². The van der Waals surface area contributed by atoms with E-state index in [9.17, 15) is 10.1 Å². The Bertz CT molecular complexity index is 385. The van der Waals surface area contributed by atoms with Crippen LogP contribution in [0.4, 0.5) is 5.69 Å². The average Bonchev–Trinajstić information content (AvgIpc) is 2.28. The van der Waals surface area contributed by atoms with Crippen LogP contribution in [0.2, 0.25) is 0 Å². The van der Waals surface area contributed by atoms with Crippen LogP contribution in [0, 0.1) is 10.1 Å². The third kappa shape index (κ3) is 5.50. The number of nitrogens with zero attached hydrogens (tertiary/aromatic N) is 1. The highest BCUT2D eigenvalue weighted by atomic mass is 79.9. The highest BCUT2D eigenvalue weighted by Gasteiger charge is 2.09. The fourth-order valence-electron chi connectivity index (χ4n) is 1.30. The topological polar surface area (TPSA) is 52.4 Å². The summed E-state index contributed by atoms with van der Waals surface area (Å²) in [4.78, 5) is 10.2. The molecule has 0 aliphatic rings. The Morgan fingerprint density at radius 1 is 1.24 bits per heavy atom. The van der Waals surface area contributed by atoms with Gasteiger partial charge in [-0.05, 0) is 25.3 Å². The summed E-state index contributed by atoms with van der Waals surface area (Å²) in [5.41, 5.74) is 0.0369. The number of benzene rings is 1. The molecule has 6 heteroatoms. The maximum atomic E-state index is 10.6. The molecule has 0 unspecified atom stereocenters. The van der Waals surface area contributed by atoms with Crippen molar-refractivity contribution < 1.29 is 9.66 Å². The van der Waals surface area contributed by atoms with Crippen molar-refractivity contribution in [2.75, 3.05) is 11.9 Å². The van der Waals surface area contributed by atoms with Crippen molar-refractivity contribution in [2.45, 2.75) is 19.3 Å². The minimum Gasteiger partial charge on any atom is -0.493 e. The van der Waals surface area contributed by atoms with Gasteiger partial charge in [0, 0.05) is 15.9 Å². The first-order valence-corrected chi connectivity index (χ1v) is 7.18. The lowest BCUT2D eigenvalue weighted by Gasteiger charge is -2.06. The molecule has 4 nitrogen and oxygen atoms in total. The standard InChI is InChI=1S/C11H13Br2NO3/c12-4-2-1-3-5-17-11-7-9(13)6-10(8-11)14(15)16/h6-8H,1-5H2. The smallest absolute Gasteiger partial charge is 0.274 e. The molecule has 0 spiro atoms. The number of rotatable bonds is 7. The van der Waals surface area contributed by atoms with Gasteiger partial charge in [0.1, 0.15) is 5.75 Å². The first kappa shape index (κ1) is 14.4. The molecule has 0 aliphatic heterocycles. The first-order chi connectivity index (χ1) is 8.13. The Morgan fingerprint density at radius 2 is 2.00 bits per heavy atom. The fraction of sp³-hybridized carbons (Fsp3) is 0.455. The van der Waals surface area contributed by atoms with Gasteiger partial charge in [0.15, 0.2) is 0 Å². The monoisotopic (exact) mass is 365 g/mol. The van der Waals surface area contributed by atoms with Crippen LogP contribution in [0.5, 0.6) is 5.75 Å². The Balaban J connectivity index is 2.50. The molecule has 0 saturated heterocycles. The number of unbranched alkanes of at least 4 members (excludes halogenated alkanes) is 2. The number of halogens is 2. The van der Waals surface area contributed by atoms with Crippen molar-refractivity contribution in [3.8, 4) is 5.75 Å². The second-order valence-electron chi connectivity index (χ2n) is 3.50. The average molecular weight is 367 g/mol. The molecule has 0 aromatic heterocycles. The minimum absolute atomic E-state index is 0.0369. The zero-order valence-electron chi connectivity index (χ0n) is 9.20. The molecule has 0 bridgehead atoms. The molecule has 17 heavy (non-hydrogen) atoms. The molecule has 0 saturated carbocycles. The molecular formula is C11H13Br2NO3. The van der Waals surface area contributed by atoms with Gasteiger partial charge in [0.05, 0.1) is 17.6 Å². The van der Waals surface area contributed by atoms with E-state index in [0.29, 0.717) is 16.8 Å². The van der Waals surface area contributed by atoms with Gasteiger partial charge in [-0.25, -0.2) is 0 Å². The van der Waals surface area contributed by atoms with Gasteiger partial charge in [-0.1, -0.05) is 31.9 Å². The van der Waals surface area contributed by atoms with E-state index < -0.39 is 4.92 Å². The van der Waals surface area contributed by atoms with Gasteiger partial charge in [0.25, 0.3) is 5.69 Å². The second-order valence-corrected chi connectivity index (χ2v) is 5.21. The summed E-state index contributed by atoms with van der Waals surface area (Å²) in [6.45, 7) is 0.584. The number of alkyl halides is 1. The van der Waals surface area contributed by atoms with E-state index in [-0.39, 0.29) is 5.69 Å². The van der Waals surface area contributed by atoms with Crippen molar-refractivity contribution >= 4 is 37.5 Å². The van der Waals surface area contributed by atoms with E-state index in [4.69, 9.17) is 4.74 Å². The van der Waals surface area contributed by atoms with Gasteiger partial charge in [0.2, 0.25) is 0 Å². The van der Waals surface area contributed by atoms with E-state index in [1.165, 1.54) is 12.1 Å². The number of non-ortho nitro benzene ring substituents is 1. The lowest BCUT2D eigenvalue weighted by molar-refractivity contribution is -0.385. The summed E-state index contributed by atoms with van der Waals surface area (Å²) in [7, 11) is 0. The number of nitro groups is 1. The molecule has 0 N–H and O–H groups in total. The van der Waals surface area contributed by atoms with E-state index in [2.05, 4.69) is 31.9 Å². The van der Waals surface area contributed by atoms with Crippen LogP contribution in [-0.4, -0.2) is 16.9 Å². The molecule has 0 fully saturated rings. The van der Waals surface area contributed by atoms with Crippen LogP contribution in [0.1, 0.15) is 19.3 Å². The molecule has 0 amide bonds. The van der Waals surface area contributed by atoms with Gasteiger partial charge >= 0.3 is 0 Å². The number of ether oxygens (including phenoxy) is 1. The molecule has 0 aliphatic carbocycles. The molecule has 0 atom stereocenters. The van der Waals surface area contributed by atoms with Crippen LogP contribution >= 0.6 is 31.9 Å². The summed E-state index contributed by atoms with van der Waals surface area (Å²) in [5.74, 6) is 0.532.